The lowest BCUT2D eigenvalue weighted by atomic mass is 9.94. The second-order valence-corrected chi connectivity index (χ2v) is 5.97. The lowest BCUT2D eigenvalue weighted by molar-refractivity contribution is -0.384. The molecule has 0 spiro atoms. The van der Waals surface area contributed by atoms with Gasteiger partial charge in [-0.3, -0.25) is 14.9 Å². The number of anilines is 1. The molecule has 0 saturated carbocycles. The average Bonchev–Trinajstić information content (AvgIpc) is 2.61. The van der Waals surface area contributed by atoms with Gasteiger partial charge in [-0.2, -0.15) is 0 Å². The largest absolute Gasteiger partial charge is 0.326 e. The summed E-state index contributed by atoms with van der Waals surface area (Å²) in [5.41, 5.74) is -0.644. The summed E-state index contributed by atoms with van der Waals surface area (Å²) in [7, 11) is 0. The molecule has 0 saturated heterocycles. The molecule has 1 aliphatic heterocycles. The van der Waals surface area contributed by atoms with Crippen molar-refractivity contribution in [2.24, 2.45) is 0 Å². The van der Waals surface area contributed by atoms with Crippen molar-refractivity contribution < 1.29 is 23.3 Å². The van der Waals surface area contributed by atoms with E-state index in [4.69, 9.17) is 0 Å². The number of carbonyl (C=O) groups excluding carboxylic acids is 2. The van der Waals surface area contributed by atoms with Crippen LogP contribution in [0.1, 0.15) is 18.5 Å². The van der Waals surface area contributed by atoms with E-state index < -0.39 is 40.1 Å². The Labute approximate surface area is 157 Å². The third-order valence-electron chi connectivity index (χ3n) is 4.12. The topological polar surface area (TPSA) is 113 Å². The van der Waals surface area contributed by atoms with Gasteiger partial charge in [-0.1, -0.05) is 12.1 Å². The Morgan fingerprint density at radius 3 is 2.46 bits per heavy atom. The number of carbonyl (C=O) groups is 2. The SMILES string of the molecule is CC1=C(C(=O)Nc2cccc([N+](=O)[O-])c2)[C@H](c2c(F)cccc2F)NC(=O)N1. The Morgan fingerprint density at radius 2 is 1.82 bits per heavy atom. The number of amides is 3. The molecule has 0 radical (unpaired) electrons. The van der Waals surface area contributed by atoms with Gasteiger partial charge in [0.05, 0.1) is 22.1 Å². The zero-order valence-corrected chi connectivity index (χ0v) is 14.5. The summed E-state index contributed by atoms with van der Waals surface area (Å²) in [6, 6.07) is 6.28. The van der Waals surface area contributed by atoms with E-state index in [1.165, 1.54) is 25.1 Å². The van der Waals surface area contributed by atoms with Crippen molar-refractivity contribution in [3.05, 3.63) is 81.0 Å². The van der Waals surface area contributed by atoms with Gasteiger partial charge in [0.1, 0.15) is 11.6 Å². The second-order valence-electron chi connectivity index (χ2n) is 5.97. The fourth-order valence-corrected chi connectivity index (χ4v) is 2.89. The van der Waals surface area contributed by atoms with Crippen molar-refractivity contribution in [1.29, 1.82) is 0 Å². The first-order valence-corrected chi connectivity index (χ1v) is 8.06. The van der Waals surface area contributed by atoms with Crippen LogP contribution in [0.25, 0.3) is 0 Å². The van der Waals surface area contributed by atoms with Crippen LogP contribution in [0.5, 0.6) is 0 Å². The van der Waals surface area contributed by atoms with Crippen LogP contribution < -0.4 is 16.0 Å². The predicted molar refractivity (Wildman–Crippen MR) is 95.2 cm³/mol. The number of halogens is 2. The van der Waals surface area contributed by atoms with E-state index in [2.05, 4.69) is 16.0 Å². The lowest BCUT2D eigenvalue weighted by Crippen LogP contribution is -2.46. The zero-order chi connectivity index (χ0) is 20.4. The molecule has 0 fully saturated rings. The average molecular weight is 388 g/mol. The first-order valence-electron chi connectivity index (χ1n) is 8.06. The molecule has 0 unspecified atom stereocenters. The minimum absolute atomic E-state index is 0.0966. The monoisotopic (exact) mass is 388 g/mol. The first kappa shape index (κ1) is 19.0. The highest BCUT2D eigenvalue weighted by molar-refractivity contribution is 6.06. The quantitative estimate of drug-likeness (QED) is 0.551. The number of rotatable bonds is 4. The van der Waals surface area contributed by atoms with Crippen molar-refractivity contribution in [2.45, 2.75) is 13.0 Å². The number of allylic oxidation sites excluding steroid dienone is 1. The maximum Gasteiger partial charge on any atom is 0.319 e. The van der Waals surface area contributed by atoms with Gasteiger partial charge in [0.25, 0.3) is 11.6 Å². The van der Waals surface area contributed by atoms with Crippen molar-refractivity contribution in [1.82, 2.24) is 10.6 Å². The van der Waals surface area contributed by atoms with Gasteiger partial charge in [-0.05, 0) is 25.1 Å². The summed E-state index contributed by atoms with van der Waals surface area (Å²) < 4.78 is 28.5. The van der Waals surface area contributed by atoms with Crippen LogP contribution in [0.15, 0.2) is 53.7 Å². The van der Waals surface area contributed by atoms with Crippen molar-refractivity contribution in [3.8, 4) is 0 Å². The minimum Gasteiger partial charge on any atom is -0.326 e. The van der Waals surface area contributed by atoms with Crippen LogP contribution in [0, 0.1) is 21.7 Å². The summed E-state index contributed by atoms with van der Waals surface area (Å²) in [5, 5.41) is 18.1. The van der Waals surface area contributed by atoms with E-state index >= 15 is 0 Å². The Hall–Kier alpha value is -3.82. The maximum absolute atomic E-state index is 14.3. The molecule has 2 aromatic carbocycles. The predicted octanol–water partition coefficient (Wildman–Crippen LogP) is 3.14. The normalized spacial score (nSPS) is 16.2. The summed E-state index contributed by atoms with van der Waals surface area (Å²) in [6.45, 7) is 1.41. The smallest absolute Gasteiger partial charge is 0.319 e. The van der Waals surface area contributed by atoms with Crippen molar-refractivity contribution in [3.63, 3.8) is 0 Å². The molecule has 3 amide bonds. The van der Waals surface area contributed by atoms with Crippen molar-refractivity contribution in [2.75, 3.05) is 5.32 Å². The lowest BCUT2D eigenvalue weighted by Gasteiger charge is -2.29. The molecule has 0 bridgehead atoms. The van der Waals surface area contributed by atoms with Crippen LogP contribution in [-0.2, 0) is 4.79 Å². The van der Waals surface area contributed by atoms with E-state index in [9.17, 15) is 28.5 Å². The van der Waals surface area contributed by atoms with E-state index in [-0.39, 0.29) is 22.6 Å². The van der Waals surface area contributed by atoms with Crippen LogP contribution in [0.4, 0.5) is 25.0 Å². The number of hydrogen-bond acceptors (Lipinski definition) is 4. The van der Waals surface area contributed by atoms with Gasteiger partial charge in [0, 0.05) is 23.5 Å². The third-order valence-corrected chi connectivity index (χ3v) is 4.12. The van der Waals surface area contributed by atoms with Crippen LogP contribution >= 0.6 is 0 Å². The number of urea groups is 1. The maximum atomic E-state index is 14.3. The number of benzene rings is 2. The number of nitrogens with one attached hydrogen (secondary N) is 3. The fourth-order valence-electron chi connectivity index (χ4n) is 2.89. The van der Waals surface area contributed by atoms with Gasteiger partial charge in [-0.15, -0.1) is 0 Å². The highest BCUT2D eigenvalue weighted by Gasteiger charge is 2.34. The summed E-state index contributed by atoms with van der Waals surface area (Å²) in [4.78, 5) is 34.9. The molecule has 8 nitrogen and oxygen atoms in total. The molecular weight excluding hydrogens is 374 g/mol. The number of non-ortho nitro benzene ring substituents is 1. The Morgan fingerprint density at radius 1 is 1.18 bits per heavy atom. The van der Waals surface area contributed by atoms with Gasteiger partial charge >= 0.3 is 6.03 Å². The number of nitro groups is 1. The molecule has 0 aromatic heterocycles. The van der Waals surface area contributed by atoms with Crippen LogP contribution in [0.2, 0.25) is 0 Å². The number of hydrogen-bond donors (Lipinski definition) is 3. The van der Waals surface area contributed by atoms with E-state index in [0.29, 0.717) is 0 Å². The molecule has 2 aromatic rings. The molecule has 28 heavy (non-hydrogen) atoms. The van der Waals surface area contributed by atoms with Gasteiger partial charge in [0.2, 0.25) is 0 Å². The molecule has 10 heteroatoms. The molecule has 1 heterocycles. The fraction of sp³-hybridized carbons (Fsp3) is 0.111. The standard InChI is InChI=1S/C18H14F2N4O4/c1-9-14(17(25)22-10-4-2-5-11(8-10)24(27)28)16(23-18(26)21-9)15-12(19)6-3-7-13(15)20/h2-8,16H,1H3,(H,22,25)(H2,21,23,26)/t16-/m1/s1. The minimum atomic E-state index is -1.38. The third kappa shape index (κ3) is 3.65. The van der Waals surface area contributed by atoms with Crippen molar-refractivity contribution >= 4 is 23.3 Å². The Bertz CT molecular complexity index is 1000. The summed E-state index contributed by atoms with van der Waals surface area (Å²) in [6.07, 6.45) is 0. The van der Waals surface area contributed by atoms with Gasteiger partial charge in [-0.25, -0.2) is 13.6 Å². The number of nitro benzene ring substituents is 1. The molecule has 0 aliphatic carbocycles. The summed E-state index contributed by atoms with van der Waals surface area (Å²) in [5.74, 6) is -2.64. The van der Waals surface area contributed by atoms with Crippen LogP contribution in [-0.4, -0.2) is 16.9 Å². The molecule has 3 rings (SSSR count). The molecule has 3 N–H and O–H groups in total. The second kappa shape index (κ2) is 7.43. The van der Waals surface area contributed by atoms with E-state index in [1.54, 1.807) is 0 Å². The Balaban J connectivity index is 2.00. The van der Waals surface area contributed by atoms with E-state index in [1.807, 2.05) is 0 Å². The highest BCUT2D eigenvalue weighted by atomic mass is 19.1. The highest BCUT2D eigenvalue weighted by Crippen LogP contribution is 2.31. The first-order chi connectivity index (χ1) is 13.3. The van der Waals surface area contributed by atoms with E-state index in [0.717, 1.165) is 24.3 Å². The van der Waals surface area contributed by atoms with Crippen LogP contribution in [0.3, 0.4) is 0 Å². The molecule has 1 atom stereocenters. The molecular formula is C18H14F2N4O4. The number of nitrogens with zero attached hydrogens (tertiary/aromatic N) is 1. The molecule has 144 valence electrons. The molecule has 1 aliphatic rings. The van der Waals surface area contributed by atoms with Gasteiger partial charge < -0.3 is 16.0 Å². The Kier molecular flexibility index (Phi) is 5.03. The zero-order valence-electron chi connectivity index (χ0n) is 14.5. The van der Waals surface area contributed by atoms with Gasteiger partial charge in [0.15, 0.2) is 0 Å². The summed E-state index contributed by atoms with van der Waals surface area (Å²) >= 11 is 0.